The molecule has 0 fully saturated rings. The SMILES string of the molecule is C=CCC(C(=O)O)C(NC(=O)OCc1ccccc1)C(=O)C(C)(C)C. The third-order valence-electron chi connectivity index (χ3n) is 3.65. The predicted molar refractivity (Wildman–Crippen MR) is 94.0 cm³/mol. The zero-order valence-corrected chi connectivity index (χ0v) is 14.8. The first-order chi connectivity index (χ1) is 11.7. The van der Waals surface area contributed by atoms with E-state index in [0.717, 1.165) is 5.56 Å². The summed E-state index contributed by atoms with van der Waals surface area (Å²) in [6.07, 6.45) is 0.640. The molecule has 2 atom stereocenters. The van der Waals surface area contributed by atoms with Crippen LogP contribution in [-0.4, -0.2) is 29.0 Å². The highest BCUT2D eigenvalue weighted by Crippen LogP contribution is 2.23. The highest BCUT2D eigenvalue weighted by Gasteiger charge is 2.39. The molecule has 1 amide bonds. The first-order valence-corrected chi connectivity index (χ1v) is 8.02. The van der Waals surface area contributed by atoms with E-state index in [1.165, 1.54) is 6.08 Å². The van der Waals surface area contributed by atoms with Gasteiger partial charge in [-0.3, -0.25) is 9.59 Å². The van der Waals surface area contributed by atoms with Crippen LogP contribution >= 0.6 is 0 Å². The molecule has 1 aromatic carbocycles. The number of amides is 1. The van der Waals surface area contributed by atoms with Crippen LogP contribution in [0.3, 0.4) is 0 Å². The number of ether oxygens (including phenoxy) is 1. The maximum absolute atomic E-state index is 12.6. The number of carboxylic acid groups (broad SMARTS) is 1. The summed E-state index contributed by atoms with van der Waals surface area (Å²) >= 11 is 0. The Morgan fingerprint density at radius 3 is 2.32 bits per heavy atom. The highest BCUT2D eigenvalue weighted by molar-refractivity contribution is 5.95. The van der Waals surface area contributed by atoms with E-state index in [0.29, 0.717) is 0 Å². The quantitative estimate of drug-likeness (QED) is 0.705. The Kier molecular flexibility index (Phi) is 7.36. The lowest BCUT2D eigenvalue weighted by atomic mass is 9.80. The molecular formula is C19H25NO5. The summed E-state index contributed by atoms with van der Waals surface area (Å²) in [6.45, 7) is 8.57. The first-order valence-electron chi connectivity index (χ1n) is 8.02. The molecule has 0 bridgehead atoms. The van der Waals surface area contributed by atoms with E-state index in [9.17, 15) is 19.5 Å². The summed E-state index contributed by atoms with van der Waals surface area (Å²) in [7, 11) is 0. The van der Waals surface area contributed by atoms with Gasteiger partial charge < -0.3 is 15.2 Å². The van der Waals surface area contributed by atoms with Crippen LogP contribution in [0.2, 0.25) is 0 Å². The molecule has 136 valence electrons. The van der Waals surface area contributed by atoms with Crippen molar-refractivity contribution < 1.29 is 24.2 Å². The van der Waals surface area contributed by atoms with E-state index in [4.69, 9.17) is 4.74 Å². The summed E-state index contributed by atoms with van der Waals surface area (Å²) in [5.41, 5.74) is -0.0242. The van der Waals surface area contributed by atoms with Gasteiger partial charge in [-0.2, -0.15) is 0 Å². The number of alkyl carbamates (subject to hydrolysis) is 1. The fourth-order valence-electron chi connectivity index (χ4n) is 2.27. The van der Waals surface area contributed by atoms with Gasteiger partial charge in [-0.15, -0.1) is 6.58 Å². The molecular weight excluding hydrogens is 322 g/mol. The molecule has 0 aliphatic rings. The van der Waals surface area contributed by atoms with E-state index < -0.39 is 29.4 Å². The number of rotatable bonds is 8. The van der Waals surface area contributed by atoms with E-state index in [-0.39, 0.29) is 18.8 Å². The number of Topliss-reactive ketones (excluding diaryl/α,β-unsaturated/α-hetero) is 1. The molecule has 0 spiro atoms. The number of carboxylic acids is 1. The van der Waals surface area contributed by atoms with Gasteiger partial charge >= 0.3 is 12.1 Å². The van der Waals surface area contributed by atoms with Crippen LogP contribution in [0.4, 0.5) is 4.79 Å². The van der Waals surface area contributed by atoms with E-state index in [1.807, 2.05) is 18.2 Å². The Balaban J connectivity index is 2.88. The lowest BCUT2D eigenvalue weighted by Gasteiger charge is -2.28. The van der Waals surface area contributed by atoms with Gasteiger partial charge in [0.1, 0.15) is 12.6 Å². The summed E-state index contributed by atoms with van der Waals surface area (Å²) in [6, 6.07) is 7.86. The largest absolute Gasteiger partial charge is 0.481 e. The highest BCUT2D eigenvalue weighted by atomic mass is 16.5. The smallest absolute Gasteiger partial charge is 0.408 e. The van der Waals surface area contributed by atoms with E-state index in [1.54, 1.807) is 32.9 Å². The van der Waals surface area contributed by atoms with Crippen LogP contribution in [0.5, 0.6) is 0 Å². The molecule has 0 radical (unpaired) electrons. The van der Waals surface area contributed by atoms with Crippen LogP contribution < -0.4 is 5.32 Å². The molecule has 0 saturated carbocycles. The third-order valence-corrected chi connectivity index (χ3v) is 3.65. The van der Waals surface area contributed by atoms with Crippen molar-refractivity contribution in [1.82, 2.24) is 5.32 Å². The Morgan fingerprint density at radius 2 is 1.84 bits per heavy atom. The Morgan fingerprint density at radius 1 is 1.24 bits per heavy atom. The average molecular weight is 347 g/mol. The van der Waals surface area contributed by atoms with Gasteiger partial charge in [0.25, 0.3) is 0 Å². The minimum atomic E-state index is -1.20. The number of nitrogens with one attached hydrogen (secondary N) is 1. The minimum Gasteiger partial charge on any atom is -0.481 e. The molecule has 6 heteroatoms. The molecule has 0 saturated heterocycles. The van der Waals surface area contributed by atoms with Crippen molar-refractivity contribution in [2.24, 2.45) is 11.3 Å². The zero-order chi connectivity index (χ0) is 19.0. The summed E-state index contributed by atoms with van der Waals surface area (Å²) in [4.78, 5) is 36.2. The lowest BCUT2D eigenvalue weighted by molar-refractivity contribution is -0.146. The lowest BCUT2D eigenvalue weighted by Crippen LogP contribution is -2.52. The third kappa shape index (κ3) is 6.41. The molecule has 0 heterocycles. The van der Waals surface area contributed by atoms with Crippen molar-refractivity contribution in [3.63, 3.8) is 0 Å². The molecule has 2 unspecified atom stereocenters. The second kappa shape index (κ2) is 9.01. The normalized spacial score (nSPS) is 13.4. The second-order valence-electron chi connectivity index (χ2n) is 6.77. The summed E-state index contributed by atoms with van der Waals surface area (Å²) in [5, 5.41) is 11.8. The van der Waals surface area contributed by atoms with Gasteiger partial charge in [0.05, 0.1) is 5.92 Å². The van der Waals surface area contributed by atoms with Crippen LogP contribution in [0.15, 0.2) is 43.0 Å². The number of hydrogen-bond acceptors (Lipinski definition) is 4. The van der Waals surface area contributed by atoms with Crippen LogP contribution in [-0.2, 0) is 20.9 Å². The molecule has 2 N–H and O–H groups in total. The predicted octanol–water partition coefficient (Wildman–Crippen LogP) is 3.17. The number of allylic oxidation sites excluding steroid dienone is 1. The van der Waals surface area contributed by atoms with Crippen molar-refractivity contribution in [3.05, 3.63) is 48.6 Å². The number of carbonyl (C=O) groups is 3. The van der Waals surface area contributed by atoms with Crippen LogP contribution in [0, 0.1) is 11.3 Å². The summed E-state index contributed by atoms with van der Waals surface area (Å²) < 4.78 is 5.11. The zero-order valence-electron chi connectivity index (χ0n) is 14.8. The number of benzene rings is 1. The van der Waals surface area contributed by atoms with Gasteiger partial charge in [0.2, 0.25) is 0 Å². The van der Waals surface area contributed by atoms with Gasteiger partial charge in [-0.1, -0.05) is 57.2 Å². The Bertz CT molecular complexity index is 618. The molecule has 0 aliphatic carbocycles. The van der Waals surface area contributed by atoms with E-state index >= 15 is 0 Å². The number of hydrogen-bond donors (Lipinski definition) is 2. The van der Waals surface area contributed by atoms with Gasteiger partial charge in [-0.25, -0.2) is 4.79 Å². The molecule has 0 aromatic heterocycles. The maximum Gasteiger partial charge on any atom is 0.408 e. The number of ketones is 1. The minimum absolute atomic E-state index is 0.0301. The molecule has 1 aromatic rings. The number of aliphatic carboxylic acids is 1. The molecule has 6 nitrogen and oxygen atoms in total. The summed E-state index contributed by atoms with van der Waals surface area (Å²) in [5.74, 6) is -2.65. The second-order valence-corrected chi connectivity index (χ2v) is 6.77. The maximum atomic E-state index is 12.6. The van der Waals surface area contributed by atoms with Crippen molar-refractivity contribution >= 4 is 17.8 Å². The van der Waals surface area contributed by atoms with Gasteiger partial charge in [0.15, 0.2) is 5.78 Å². The standard InChI is InChI=1S/C19H25NO5/c1-5-9-14(17(22)23)15(16(21)19(2,3)4)20-18(24)25-12-13-10-7-6-8-11-13/h5-8,10-11,14-15H,1,9,12H2,2-4H3,(H,20,24)(H,22,23). The fourth-order valence-corrected chi connectivity index (χ4v) is 2.27. The molecule has 0 aliphatic heterocycles. The van der Waals surface area contributed by atoms with Crippen LogP contribution in [0.25, 0.3) is 0 Å². The monoisotopic (exact) mass is 347 g/mol. The van der Waals surface area contributed by atoms with Gasteiger partial charge in [0, 0.05) is 5.41 Å². The number of carbonyl (C=O) groups excluding carboxylic acids is 2. The molecule has 25 heavy (non-hydrogen) atoms. The first kappa shape index (κ1) is 20.4. The Labute approximate surface area is 147 Å². The van der Waals surface area contributed by atoms with Crippen molar-refractivity contribution in [2.45, 2.75) is 39.8 Å². The van der Waals surface area contributed by atoms with E-state index in [2.05, 4.69) is 11.9 Å². The fraction of sp³-hybridized carbons (Fsp3) is 0.421. The van der Waals surface area contributed by atoms with Crippen molar-refractivity contribution in [3.8, 4) is 0 Å². The van der Waals surface area contributed by atoms with Gasteiger partial charge in [-0.05, 0) is 12.0 Å². The Hall–Kier alpha value is -2.63. The molecule has 1 rings (SSSR count). The van der Waals surface area contributed by atoms with Crippen LogP contribution in [0.1, 0.15) is 32.8 Å². The topological polar surface area (TPSA) is 92.7 Å². The van der Waals surface area contributed by atoms with Crippen molar-refractivity contribution in [1.29, 1.82) is 0 Å². The average Bonchev–Trinajstić information content (AvgIpc) is 2.55. The van der Waals surface area contributed by atoms with Crippen molar-refractivity contribution in [2.75, 3.05) is 0 Å².